The van der Waals surface area contributed by atoms with Gasteiger partial charge in [0.05, 0.1) is 7.11 Å². The van der Waals surface area contributed by atoms with Gasteiger partial charge in [0.25, 0.3) is 0 Å². The Morgan fingerprint density at radius 1 is 1.26 bits per heavy atom. The maximum atomic E-state index is 14.1. The molecule has 1 fully saturated rings. The van der Waals surface area contributed by atoms with Crippen molar-refractivity contribution in [2.24, 2.45) is 23.5 Å². The van der Waals surface area contributed by atoms with E-state index < -0.39 is 0 Å². The molecule has 1 saturated carbocycles. The van der Waals surface area contributed by atoms with Crippen LogP contribution in [0.15, 0.2) is 18.2 Å². The second kappa shape index (κ2) is 5.91. The molecule has 0 amide bonds. The normalized spacial score (nSPS) is 29.0. The third-order valence-corrected chi connectivity index (χ3v) is 4.71. The predicted molar refractivity (Wildman–Crippen MR) is 75.5 cm³/mol. The summed E-state index contributed by atoms with van der Waals surface area (Å²) in [5.41, 5.74) is 6.91. The zero-order chi connectivity index (χ0) is 14.0. The van der Waals surface area contributed by atoms with Crippen molar-refractivity contribution < 1.29 is 9.13 Å². The Morgan fingerprint density at radius 3 is 2.58 bits per heavy atom. The number of ether oxygens (including phenoxy) is 1. The highest BCUT2D eigenvalue weighted by Gasteiger charge is 2.30. The van der Waals surface area contributed by atoms with Crippen LogP contribution in [0, 0.1) is 23.6 Å². The molecule has 1 aliphatic carbocycles. The van der Waals surface area contributed by atoms with Gasteiger partial charge in [0.15, 0.2) is 0 Å². The lowest BCUT2D eigenvalue weighted by atomic mass is 9.72. The van der Waals surface area contributed by atoms with Crippen LogP contribution < -0.4 is 10.5 Å². The second-order valence-electron chi connectivity index (χ2n) is 5.94. The summed E-state index contributed by atoms with van der Waals surface area (Å²) >= 11 is 0. The molecule has 3 heteroatoms. The van der Waals surface area contributed by atoms with Gasteiger partial charge >= 0.3 is 0 Å². The van der Waals surface area contributed by atoms with Crippen molar-refractivity contribution >= 4 is 0 Å². The van der Waals surface area contributed by atoms with Gasteiger partial charge in [0, 0.05) is 17.7 Å². The first-order valence-corrected chi connectivity index (χ1v) is 7.12. The summed E-state index contributed by atoms with van der Waals surface area (Å²) in [5, 5.41) is 0. The van der Waals surface area contributed by atoms with E-state index in [9.17, 15) is 4.39 Å². The molecule has 1 aromatic carbocycles. The lowest BCUT2D eigenvalue weighted by Crippen LogP contribution is -2.30. The first kappa shape index (κ1) is 14.3. The second-order valence-corrected chi connectivity index (χ2v) is 5.94. The van der Waals surface area contributed by atoms with Crippen LogP contribution in [0.2, 0.25) is 0 Å². The Labute approximate surface area is 115 Å². The lowest BCUT2D eigenvalue weighted by molar-refractivity contribution is 0.184. The fraction of sp³-hybridized carbons (Fsp3) is 0.625. The summed E-state index contributed by atoms with van der Waals surface area (Å²) in [6, 6.07) is 4.76. The Kier molecular flexibility index (Phi) is 4.46. The molecule has 2 rings (SSSR count). The van der Waals surface area contributed by atoms with Gasteiger partial charge in [-0.2, -0.15) is 0 Å². The van der Waals surface area contributed by atoms with E-state index in [2.05, 4.69) is 13.8 Å². The number of rotatable bonds is 3. The maximum absolute atomic E-state index is 14.1. The van der Waals surface area contributed by atoms with Gasteiger partial charge in [-0.1, -0.05) is 26.3 Å². The van der Waals surface area contributed by atoms with Gasteiger partial charge in [-0.3, -0.25) is 0 Å². The largest absolute Gasteiger partial charge is 0.497 e. The van der Waals surface area contributed by atoms with Crippen LogP contribution in [0.4, 0.5) is 4.39 Å². The fourth-order valence-corrected chi connectivity index (χ4v) is 3.07. The van der Waals surface area contributed by atoms with E-state index in [0.717, 1.165) is 18.8 Å². The average molecular weight is 265 g/mol. The molecule has 4 atom stereocenters. The zero-order valence-corrected chi connectivity index (χ0v) is 12.0. The van der Waals surface area contributed by atoms with E-state index in [1.807, 2.05) is 0 Å². The smallest absolute Gasteiger partial charge is 0.131 e. The average Bonchev–Trinajstić information content (AvgIpc) is 2.41. The zero-order valence-electron chi connectivity index (χ0n) is 12.0. The molecule has 106 valence electrons. The fourth-order valence-electron chi connectivity index (χ4n) is 3.07. The minimum Gasteiger partial charge on any atom is -0.497 e. The van der Waals surface area contributed by atoms with Gasteiger partial charge in [0.2, 0.25) is 0 Å². The molecule has 0 aromatic heterocycles. The number of hydrogen-bond acceptors (Lipinski definition) is 2. The van der Waals surface area contributed by atoms with Crippen molar-refractivity contribution in [1.82, 2.24) is 0 Å². The topological polar surface area (TPSA) is 35.2 Å². The Bertz CT molecular complexity index is 435. The number of methoxy groups -OCH3 is 1. The molecule has 0 spiro atoms. The molecule has 2 N–H and O–H groups in total. The van der Waals surface area contributed by atoms with Crippen LogP contribution in [-0.2, 0) is 0 Å². The molecular weight excluding hydrogens is 241 g/mol. The van der Waals surface area contributed by atoms with Crippen LogP contribution in [0.3, 0.4) is 0 Å². The van der Waals surface area contributed by atoms with E-state index in [-0.39, 0.29) is 11.9 Å². The summed E-state index contributed by atoms with van der Waals surface area (Å²) in [5.74, 6) is 2.10. The monoisotopic (exact) mass is 265 g/mol. The van der Waals surface area contributed by atoms with Crippen LogP contribution >= 0.6 is 0 Å². The van der Waals surface area contributed by atoms with Gasteiger partial charge in [-0.25, -0.2) is 4.39 Å². The summed E-state index contributed by atoms with van der Waals surface area (Å²) in [4.78, 5) is 0. The van der Waals surface area contributed by atoms with Crippen LogP contribution in [-0.4, -0.2) is 7.11 Å². The highest BCUT2D eigenvalue weighted by atomic mass is 19.1. The Morgan fingerprint density at radius 2 is 2.00 bits per heavy atom. The van der Waals surface area contributed by atoms with Crippen molar-refractivity contribution in [3.8, 4) is 5.75 Å². The van der Waals surface area contributed by atoms with Gasteiger partial charge in [0.1, 0.15) is 11.6 Å². The summed E-state index contributed by atoms with van der Waals surface area (Å²) in [7, 11) is 1.54. The van der Waals surface area contributed by atoms with Crippen molar-refractivity contribution in [3.05, 3.63) is 29.6 Å². The molecular formula is C16H24FNO. The molecule has 0 radical (unpaired) electrons. The lowest BCUT2D eigenvalue weighted by Gasteiger charge is -2.35. The molecule has 0 aliphatic heterocycles. The standard InChI is InChI=1S/C16H24FNO/c1-10-4-5-12(8-11(10)2)16(18)14-7-6-13(19-3)9-15(14)17/h6-7,9-12,16H,4-5,8,18H2,1-3H3. The van der Waals surface area contributed by atoms with E-state index in [4.69, 9.17) is 10.5 Å². The van der Waals surface area contributed by atoms with Crippen molar-refractivity contribution in [2.45, 2.75) is 39.2 Å². The summed E-state index contributed by atoms with van der Waals surface area (Å²) in [6.45, 7) is 4.56. The minimum atomic E-state index is -0.252. The molecule has 0 heterocycles. The van der Waals surface area contributed by atoms with Crippen molar-refractivity contribution in [1.29, 1.82) is 0 Å². The number of nitrogens with two attached hydrogens (primary N) is 1. The highest BCUT2D eigenvalue weighted by molar-refractivity contribution is 5.31. The number of benzene rings is 1. The molecule has 1 aliphatic rings. The van der Waals surface area contributed by atoms with Crippen LogP contribution in [0.25, 0.3) is 0 Å². The molecule has 0 saturated heterocycles. The van der Waals surface area contributed by atoms with E-state index >= 15 is 0 Å². The van der Waals surface area contributed by atoms with E-state index in [0.29, 0.717) is 23.1 Å². The summed E-state index contributed by atoms with van der Waals surface area (Å²) in [6.07, 6.45) is 3.38. The van der Waals surface area contributed by atoms with Gasteiger partial charge in [-0.15, -0.1) is 0 Å². The van der Waals surface area contributed by atoms with Crippen LogP contribution in [0.5, 0.6) is 5.75 Å². The Balaban J connectivity index is 2.13. The molecule has 1 aromatic rings. The molecule has 4 unspecified atom stereocenters. The van der Waals surface area contributed by atoms with Gasteiger partial charge < -0.3 is 10.5 Å². The maximum Gasteiger partial charge on any atom is 0.131 e. The summed E-state index contributed by atoms with van der Waals surface area (Å²) < 4.78 is 19.1. The highest BCUT2D eigenvalue weighted by Crippen LogP contribution is 2.39. The van der Waals surface area contributed by atoms with Crippen LogP contribution in [0.1, 0.15) is 44.7 Å². The number of halogens is 1. The molecule has 2 nitrogen and oxygen atoms in total. The van der Waals surface area contributed by atoms with E-state index in [1.54, 1.807) is 19.2 Å². The van der Waals surface area contributed by atoms with Crippen molar-refractivity contribution in [2.75, 3.05) is 7.11 Å². The Hall–Kier alpha value is -1.09. The molecule has 0 bridgehead atoms. The quantitative estimate of drug-likeness (QED) is 0.899. The first-order chi connectivity index (χ1) is 9.02. The number of hydrogen-bond donors (Lipinski definition) is 1. The van der Waals surface area contributed by atoms with E-state index in [1.165, 1.54) is 12.5 Å². The predicted octanol–water partition coefficient (Wildman–Crippen LogP) is 3.91. The third-order valence-electron chi connectivity index (χ3n) is 4.71. The van der Waals surface area contributed by atoms with Crippen molar-refractivity contribution in [3.63, 3.8) is 0 Å². The van der Waals surface area contributed by atoms with Gasteiger partial charge in [-0.05, 0) is 36.7 Å². The SMILES string of the molecule is COc1ccc(C(N)C2CCC(C)C(C)C2)c(F)c1. The third kappa shape index (κ3) is 3.08. The molecule has 19 heavy (non-hydrogen) atoms. The first-order valence-electron chi connectivity index (χ1n) is 7.12. The minimum absolute atomic E-state index is 0.208.